The molecule has 2 aliphatic heterocycles. The number of esters is 1. The number of carbonyl (C=O) groups is 2. The fourth-order valence-corrected chi connectivity index (χ4v) is 5.05. The van der Waals surface area contributed by atoms with Crippen molar-refractivity contribution in [1.82, 2.24) is 5.32 Å². The number of phenolic OH excluding ortho intramolecular Hbond substituents is 1. The van der Waals surface area contributed by atoms with Crippen molar-refractivity contribution in [2.24, 2.45) is 11.5 Å². The van der Waals surface area contributed by atoms with Crippen LogP contribution in [0.25, 0.3) is 0 Å². The number of carbonyl (C=O) groups excluding carboxylic acids is 2. The third-order valence-electron chi connectivity index (χ3n) is 6.95. The van der Waals surface area contributed by atoms with Crippen LogP contribution in [0.4, 0.5) is 0 Å². The smallest absolute Gasteiger partial charge is 0.335 e. The Morgan fingerprint density at radius 1 is 1.11 bits per heavy atom. The second-order valence-electron chi connectivity index (χ2n) is 9.09. The van der Waals surface area contributed by atoms with Gasteiger partial charge in [0.05, 0.1) is 25.8 Å². The van der Waals surface area contributed by atoms with Gasteiger partial charge in [-0.3, -0.25) is 4.79 Å². The highest BCUT2D eigenvalue weighted by Gasteiger charge is 2.44. The molecule has 3 atom stereocenters. The number of nitrogens with one attached hydrogen (secondary N) is 1. The number of methoxy groups -OCH3 is 2. The first-order valence-electron chi connectivity index (χ1n) is 11.9. The Morgan fingerprint density at radius 3 is 2.38 bits per heavy atom. The zero-order chi connectivity index (χ0) is 26.3. The van der Waals surface area contributed by atoms with Gasteiger partial charge in [-0.25, -0.2) is 4.79 Å². The van der Waals surface area contributed by atoms with E-state index >= 15 is 0 Å². The number of hydrogen-bond donors (Lipinski definition) is 4. The molecule has 2 heterocycles. The maximum absolute atomic E-state index is 13.1. The summed E-state index contributed by atoms with van der Waals surface area (Å²) in [4.78, 5) is 26.0. The molecule has 0 radical (unpaired) electrons. The number of fused-ring (bicyclic) bond motifs is 2. The van der Waals surface area contributed by atoms with Gasteiger partial charge in [-0.15, -0.1) is 0 Å². The van der Waals surface area contributed by atoms with Crippen molar-refractivity contribution in [3.8, 4) is 28.7 Å². The summed E-state index contributed by atoms with van der Waals surface area (Å²) in [5, 5.41) is 13.5. The number of phenols is 1. The van der Waals surface area contributed by atoms with E-state index < -0.39 is 17.9 Å². The molecule has 6 N–H and O–H groups in total. The van der Waals surface area contributed by atoms with Crippen LogP contribution >= 0.6 is 0 Å². The fourth-order valence-electron chi connectivity index (χ4n) is 5.05. The molecule has 1 amide bonds. The molecule has 37 heavy (non-hydrogen) atoms. The lowest BCUT2D eigenvalue weighted by Crippen LogP contribution is -2.36. The van der Waals surface area contributed by atoms with Crippen LogP contribution in [0.5, 0.6) is 28.7 Å². The van der Waals surface area contributed by atoms with E-state index in [-0.39, 0.29) is 55.6 Å². The largest absolute Gasteiger partial charge is 0.502 e. The van der Waals surface area contributed by atoms with Gasteiger partial charge in [0.25, 0.3) is 0 Å². The van der Waals surface area contributed by atoms with Gasteiger partial charge in [0.1, 0.15) is 6.61 Å². The zero-order valence-electron chi connectivity index (χ0n) is 20.5. The zero-order valence-corrected chi connectivity index (χ0v) is 20.5. The van der Waals surface area contributed by atoms with E-state index in [9.17, 15) is 14.7 Å². The van der Waals surface area contributed by atoms with E-state index in [0.29, 0.717) is 34.6 Å². The first kappa shape index (κ1) is 24.7. The van der Waals surface area contributed by atoms with Crippen molar-refractivity contribution in [2.45, 2.75) is 30.8 Å². The third-order valence-corrected chi connectivity index (χ3v) is 6.95. The first-order valence-corrected chi connectivity index (χ1v) is 11.9. The standard InChI is InChI=1S/C26H29N3O8/c1-33-19-5-12(6-20(34-2)25(19)31)22-14-7-17-18(37-11-36-17)8-15(14)24(16-10-35-26(32)23(16)22)29-21(30)4-3-13(28)9-27/h5-8,13,22,24,31H,3-4,9-11,27-28H2,1-2H3,(H,29,30)/t13-,22+,24+/m0/s1. The number of cyclic esters (lactones) is 1. The highest BCUT2D eigenvalue weighted by Crippen LogP contribution is 2.53. The van der Waals surface area contributed by atoms with Gasteiger partial charge in [0.15, 0.2) is 23.0 Å². The number of aromatic hydroxyl groups is 1. The van der Waals surface area contributed by atoms with E-state index in [0.717, 1.165) is 11.1 Å². The van der Waals surface area contributed by atoms with Crippen molar-refractivity contribution >= 4 is 11.9 Å². The van der Waals surface area contributed by atoms with Crippen LogP contribution in [0.1, 0.15) is 41.5 Å². The molecule has 1 aliphatic carbocycles. The van der Waals surface area contributed by atoms with Crippen LogP contribution < -0.4 is 35.7 Å². The average molecular weight is 512 g/mol. The monoisotopic (exact) mass is 511 g/mol. The van der Waals surface area contributed by atoms with Crippen LogP contribution in [0.2, 0.25) is 0 Å². The molecule has 0 bridgehead atoms. The van der Waals surface area contributed by atoms with Crippen molar-refractivity contribution in [2.75, 3.05) is 34.2 Å². The lowest BCUT2D eigenvalue weighted by Gasteiger charge is -2.33. The van der Waals surface area contributed by atoms with Crippen molar-refractivity contribution in [3.63, 3.8) is 0 Å². The average Bonchev–Trinajstić information content (AvgIpc) is 3.52. The van der Waals surface area contributed by atoms with E-state index in [1.165, 1.54) is 14.2 Å². The Hall–Kier alpha value is -3.96. The normalized spacial score (nSPS) is 20.2. The molecule has 196 valence electrons. The number of nitrogens with two attached hydrogens (primary N) is 2. The van der Waals surface area contributed by atoms with E-state index in [1.54, 1.807) is 12.1 Å². The SMILES string of the molecule is COc1cc([C@H]2C3=C(COC3=O)[C@H](NC(=O)CC[C@H](N)CN)c3cc4c(cc32)OCO4)cc(OC)c1O. The van der Waals surface area contributed by atoms with Crippen LogP contribution in [0.15, 0.2) is 35.4 Å². The summed E-state index contributed by atoms with van der Waals surface area (Å²) >= 11 is 0. The molecular formula is C26H29N3O8. The van der Waals surface area contributed by atoms with Gasteiger partial charge in [0.2, 0.25) is 18.4 Å². The number of benzene rings is 2. The quantitative estimate of drug-likeness (QED) is 0.380. The Kier molecular flexibility index (Phi) is 6.57. The second-order valence-corrected chi connectivity index (χ2v) is 9.09. The highest BCUT2D eigenvalue weighted by atomic mass is 16.7. The summed E-state index contributed by atoms with van der Waals surface area (Å²) in [7, 11) is 2.86. The number of ether oxygens (including phenoxy) is 5. The molecule has 2 aromatic carbocycles. The molecule has 5 rings (SSSR count). The molecule has 0 fully saturated rings. The fraction of sp³-hybridized carbons (Fsp3) is 0.385. The van der Waals surface area contributed by atoms with Crippen molar-refractivity contribution in [1.29, 1.82) is 0 Å². The Balaban J connectivity index is 1.65. The van der Waals surface area contributed by atoms with E-state index in [2.05, 4.69) is 5.32 Å². The van der Waals surface area contributed by atoms with E-state index in [4.69, 9.17) is 35.2 Å². The topological polar surface area (TPSA) is 165 Å². The van der Waals surface area contributed by atoms with Crippen molar-refractivity contribution < 1.29 is 38.4 Å². The van der Waals surface area contributed by atoms with Gasteiger partial charge in [-0.2, -0.15) is 0 Å². The van der Waals surface area contributed by atoms with E-state index in [1.807, 2.05) is 12.1 Å². The minimum absolute atomic E-state index is 0.0260. The summed E-state index contributed by atoms with van der Waals surface area (Å²) in [6, 6.07) is 6.04. The summed E-state index contributed by atoms with van der Waals surface area (Å²) in [6.45, 7) is 0.368. The molecule has 11 heteroatoms. The highest BCUT2D eigenvalue weighted by molar-refractivity contribution is 5.96. The predicted octanol–water partition coefficient (Wildman–Crippen LogP) is 1.36. The Bertz CT molecular complexity index is 1270. The Labute approximate surface area is 213 Å². The molecule has 0 spiro atoms. The van der Waals surface area contributed by atoms with Crippen LogP contribution in [0.3, 0.4) is 0 Å². The molecule has 0 aromatic heterocycles. The van der Waals surface area contributed by atoms with Gasteiger partial charge < -0.3 is 45.6 Å². The number of hydrogen-bond acceptors (Lipinski definition) is 10. The molecule has 0 saturated carbocycles. The van der Waals surface area contributed by atoms with Crippen LogP contribution in [0, 0.1) is 0 Å². The minimum Gasteiger partial charge on any atom is -0.502 e. The van der Waals surface area contributed by atoms with Crippen LogP contribution in [-0.4, -0.2) is 57.2 Å². The van der Waals surface area contributed by atoms with Gasteiger partial charge in [-0.1, -0.05) is 0 Å². The lowest BCUT2D eigenvalue weighted by molar-refractivity contribution is -0.136. The summed E-state index contributed by atoms with van der Waals surface area (Å²) < 4.78 is 27.5. The summed E-state index contributed by atoms with van der Waals surface area (Å²) in [5.74, 6) is -0.0216. The molecular weight excluding hydrogens is 482 g/mol. The molecule has 2 aromatic rings. The van der Waals surface area contributed by atoms with Crippen molar-refractivity contribution in [3.05, 3.63) is 52.1 Å². The summed E-state index contributed by atoms with van der Waals surface area (Å²) in [6.07, 6.45) is 0.613. The van der Waals surface area contributed by atoms with Gasteiger partial charge in [-0.05, 0) is 47.4 Å². The van der Waals surface area contributed by atoms with Crippen LogP contribution in [-0.2, 0) is 14.3 Å². The Morgan fingerprint density at radius 2 is 1.76 bits per heavy atom. The minimum atomic E-state index is -0.621. The maximum atomic E-state index is 13.1. The lowest BCUT2D eigenvalue weighted by atomic mass is 9.73. The van der Waals surface area contributed by atoms with Gasteiger partial charge in [0, 0.05) is 30.5 Å². The maximum Gasteiger partial charge on any atom is 0.335 e. The summed E-state index contributed by atoms with van der Waals surface area (Å²) in [5.41, 5.74) is 14.6. The number of amides is 1. The molecule has 3 aliphatic rings. The molecule has 0 unspecified atom stereocenters. The second kappa shape index (κ2) is 9.83. The molecule has 11 nitrogen and oxygen atoms in total. The third kappa shape index (κ3) is 4.30. The predicted molar refractivity (Wildman–Crippen MR) is 131 cm³/mol. The first-order chi connectivity index (χ1) is 17.9. The molecule has 0 saturated heterocycles. The number of rotatable bonds is 8. The van der Waals surface area contributed by atoms with Gasteiger partial charge >= 0.3 is 5.97 Å².